The number of halogens is 1. The third kappa shape index (κ3) is 2.12. The van der Waals surface area contributed by atoms with Gasteiger partial charge in [0.25, 0.3) is 0 Å². The fraction of sp³-hybridized carbons (Fsp3) is 0.0714. The Morgan fingerprint density at radius 3 is 2.80 bits per heavy atom. The molecule has 0 unspecified atom stereocenters. The zero-order chi connectivity index (χ0) is 14.1. The first-order valence-electron chi connectivity index (χ1n) is 5.95. The van der Waals surface area contributed by atoms with E-state index in [4.69, 9.17) is 21.9 Å². The van der Waals surface area contributed by atoms with Gasteiger partial charge in [-0.2, -0.15) is 0 Å². The lowest BCUT2D eigenvalue weighted by molar-refractivity contribution is 0.439. The van der Waals surface area contributed by atoms with Crippen molar-refractivity contribution in [3.8, 4) is 22.5 Å². The molecule has 0 amide bonds. The van der Waals surface area contributed by atoms with Gasteiger partial charge in [-0.3, -0.25) is 0 Å². The third-order valence-electron chi connectivity index (χ3n) is 2.99. The van der Waals surface area contributed by atoms with E-state index in [9.17, 15) is 0 Å². The number of benzene rings is 1. The van der Waals surface area contributed by atoms with Crippen molar-refractivity contribution in [2.24, 2.45) is 0 Å². The van der Waals surface area contributed by atoms with Crippen molar-refractivity contribution >= 4 is 17.5 Å². The largest absolute Gasteiger partial charge is 0.367 e. The molecular formula is C14H11ClN4O. The zero-order valence-corrected chi connectivity index (χ0v) is 11.4. The SMILES string of the molecule is Cc1cc(-c2noc(N)c2-c2ccncn2)ccc1Cl. The first-order chi connectivity index (χ1) is 9.66. The topological polar surface area (TPSA) is 77.8 Å². The van der Waals surface area contributed by atoms with Crippen LogP contribution >= 0.6 is 11.6 Å². The molecule has 2 heterocycles. The van der Waals surface area contributed by atoms with Crippen LogP contribution in [0.3, 0.4) is 0 Å². The smallest absolute Gasteiger partial charge is 0.232 e. The van der Waals surface area contributed by atoms with E-state index < -0.39 is 0 Å². The van der Waals surface area contributed by atoms with Crippen molar-refractivity contribution < 1.29 is 4.52 Å². The van der Waals surface area contributed by atoms with E-state index in [0.717, 1.165) is 11.1 Å². The average Bonchev–Trinajstić information content (AvgIpc) is 2.85. The molecule has 0 spiro atoms. The molecule has 0 aliphatic rings. The molecule has 3 rings (SSSR count). The second kappa shape index (κ2) is 4.94. The van der Waals surface area contributed by atoms with Gasteiger partial charge in [-0.1, -0.05) is 22.8 Å². The molecule has 0 fully saturated rings. The Hall–Kier alpha value is -2.40. The standard InChI is InChI=1S/C14H11ClN4O/c1-8-6-9(2-3-10(8)15)13-12(14(16)20-19-13)11-4-5-17-7-18-11/h2-7H,16H2,1H3. The maximum absolute atomic E-state index is 6.04. The van der Waals surface area contributed by atoms with Crippen LogP contribution in [0, 0.1) is 6.92 Å². The molecule has 1 aromatic carbocycles. The maximum Gasteiger partial charge on any atom is 0.232 e. The van der Waals surface area contributed by atoms with Gasteiger partial charge in [-0.05, 0) is 30.7 Å². The summed E-state index contributed by atoms with van der Waals surface area (Å²) in [4.78, 5) is 8.08. The van der Waals surface area contributed by atoms with Gasteiger partial charge in [0.1, 0.15) is 12.0 Å². The van der Waals surface area contributed by atoms with E-state index in [1.165, 1.54) is 6.33 Å². The summed E-state index contributed by atoms with van der Waals surface area (Å²) in [7, 11) is 0. The molecule has 0 saturated carbocycles. The maximum atomic E-state index is 6.04. The average molecular weight is 287 g/mol. The number of hydrogen-bond donors (Lipinski definition) is 1. The van der Waals surface area contributed by atoms with Crippen LogP contribution < -0.4 is 5.73 Å². The molecule has 2 aromatic heterocycles. The molecule has 0 radical (unpaired) electrons. The lowest BCUT2D eigenvalue weighted by Crippen LogP contribution is -1.91. The van der Waals surface area contributed by atoms with E-state index in [1.807, 2.05) is 25.1 Å². The quantitative estimate of drug-likeness (QED) is 0.781. The second-order valence-electron chi connectivity index (χ2n) is 4.33. The van der Waals surface area contributed by atoms with Crippen LogP contribution in [0.15, 0.2) is 41.3 Å². The normalized spacial score (nSPS) is 10.7. The van der Waals surface area contributed by atoms with E-state index in [1.54, 1.807) is 12.3 Å². The van der Waals surface area contributed by atoms with Gasteiger partial charge in [0.2, 0.25) is 5.88 Å². The second-order valence-corrected chi connectivity index (χ2v) is 4.74. The van der Waals surface area contributed by atoms with E-state index in [0.29, 0.717) is 22.0 Å². The molecule has 0 aliphatic carbocycles. The van der Waals surface area contributed by atoms with Crippen molar-refractivity contribution in [1.82, 2.24) is 15.1 Å². The Morgan fingerprint density at radius 2 is 2.10 bits per heavy atom. The highest BCUT2D eigenvalue weighted by atomic mass is 35.5. The van der Waals surface area contributed by atoms with Gasteiger partial charge < -0.3 is 10.3 Å². The van der Waals surface area contributed by atoms with Crippen molar-refractivity contribution in [3.05, 3.63) is 47.4 Å². The van der Waals surface area contributed by atoms with Crippen LogP contribution in [0.5, 0.6) is 0 Å². The number of nitrogens with two attached hydrogens (primary N) is 1. The third-order valence-corrected chi connectivity index (χ3v) is 3.41. The van der Waals surface area contributed by atoms with E-state index in [-0.39, 0.29) is 5.88 Å². The van der Waals surface area contributed by atoms with Gasteiger partial charge in [0.05, 0.1) is 11.3 Å². The number of aryl methyl sites for hydroxylation is 1. The molecule has 0 bridgehead atoms. The molecule has 3 aromatic rings. The molecule has 20 heavy (non-hydrogen) atoms. The van der Waals surface area contributed by atoms with Crippen LogP contribution in [-0.4, -0.2) is 15.1 Å². The summed E-state index contributed by atoms with van der Waals surface area (Å²) < 4.78 is 5.11. The molecule has 2 N–H and O–H groups in total. The van der Waals surface area contributed by atoms with Crippen LogP contribution in [0.2, 0.25) is 5.02 Å². The van der Waals surface area contributed by atoms with Gasteiger partial charge in [-0.15, -0.1) is 0 Å². The van der Waals surface area contributed by atoms with Gasteiger partial charge >= 0.3 is 0 Å². The minimum atomic E-state index is 0.228. The molecule has 0 saturated heterocycles. The lowest BCUT2D eigenvalue weighted by Gasteiger charge is -2.04. The van der Waals surface area contributed by atoms with Crippen LogP contribution in [0.4, 0.5) is 5.88 Å². The Morgan fingerprint density at radius 1 is 1.25 bits per heavy atom. The summed E-state index contributed by atoms with van der Waals surface area (Å²) in [5.41, 5.74) is 9.67. The fourth-order valence-electron chi connectivity index (χ4n) is 1.98. The van der Waals surface area contributed by atoms with Crippen LogP contribution in [0.1, 0.15) is 5.56 Å². The van der Waals surface area contributed by atoms with Gasteiger partial charge in [0, 0.05) is 16.8 Å². The number of anilines is 1. The Bertz CT molecular complexity index is 755. The summed E-state index contributed by atoms with van der Waals surface area (Å²) >= 11 is 6.04. The zero-order valence-electron chi connectivity index (χ0n) is 10.7. The minimum Gasteiger partial charge on any atom is -0.367 e. The highest BCUT2D eigenvalue weighted by Gasteiger charge is 2.18. The molecule has 100 valence electrons. The number of nitrogens with zero attached hydrogens (tertiary/aromatic N) is 3. The van der Waals surface area contributed by atoms with Crippen molar-refractivity contribution in [2.75, 3.05) is 5.73 Å². The molecule has 0 atom stereocenters. The van der Waals surface area contributed by atoms with Gasteiger partial charge in [-0.25, -0.2) is 9.97 Å². The molecule has 0 aliphatic heterocycles. The summed E-state index contributed by atoms with van der Waals surface area (Å²) in [5.74, 6) is 0.228. The monoisotopic (exact) mass is 286 g/mol. The minimum absolute atomic E-state index is 0.228. The van der Waals surface area contributed by atoms with Gasteiger partial charge in [0.15, 0.2) is 0 Å². The van der Waals surface area contributed by atoms with Crippen LogP contribution in [0.25, 0.3) is 22.5 Å². The van der Waals surface area contributed by atoms with E-state index >= 15 is 0 Å². The number of hydrogen-bond acceptors (Lipinski definition) is 5. The number of rotatable bonds is 2. The van der Waals surface area contributed by atoms with Crippen molar-refractivity contribution in [3.63, 3.8) is 0 Å². The fourth-order valence-corrected chi connectivity index (χ4v) is 2.10. The first kappa shape index (κ1) is 12.6. The van der Waals surface area contributed by atoms with Crippen molar-refractivity contribution in [1.29, 1.82) is 0 Å². The lowest BCUT2D eigenvalue weighted by atomic mass is 10.0. The number of aromatic nitrogens is 3. The van der Waals surface area contributed by atoms with Crippen molar-refractivity contribution in [2.45, 2.75) is 6.92 Å². The molecular weight excluding hydrogens is 276 g/mol. The highest BCUT2D eigenvalue weighted by molar-refractivity contribution is 6.31. The summed E-state index contributed by atoms with van der Waals surface area (Å²) in [6.07, 6.45) is 3.10. The summed E-state index contributed by atoms with van der Waals surface area (Å²) in [6.45, 7) is 1.93. The Labute approximate surface area is 120 Å². The highest BCUT2D eigenvalue weighted by Crippen LogP contribution is 2.35. The summed E-state index contributed by atoms with van der Waals surface area (Å²) in [5, 5.41) is 4.73. The molecule has 5 nitrogen and oxygen atoms in total. The molecule has 6 heteroatoms. The predicted octanol–water partition coefficient (Wildman–Crippen LogP) is 3.34. The van der Waals surface area contributed by atoms with Crippen LogP contribution in [-0.2, 0) is 0 Å². The Balaban J connectivity index is 2.18. The van der Waals surface area contributed by atoms with E-state index in [2.05, 4.69) is 15.1 Å². The first-order valence-corrected chi connectivity index (χ1v) is 6.32. The predicted molar refractivity (Wildman–Crippen MR) is 77.1 cm³/mol. The Kier molecular flexibility index (Phi) is 3.12. The summed E-state index contributed by atoms with van der Waals surface area (Å²) in [6, 6.07) is 7.39. The number of nitrogen functional groups attached to an aromatic ring is 1.